The Bertz CT molecular complexity index is 1720. The number of amides is 3. The van der Waals surface area contributed by atoms with Crippen LogP contribution in [-0.4, -0.2) is 27.5 Å². The number of nitrogens with one attached hydrogen (secondary N) is 1. The fourth-order valence-electron chi connectivity index (χ4n) is 5.20. The van der Waals surface area contributed by atoms with E-state index in [1.165, 1.54) is 21.6 Å². The number of rotatable bonds is 5. The molecule has 6 rings (SSSR count). The molecule has 1 saturated heterocycles. The molecule has 2 aliphatic heterocycles. The van der Waals surface area contributed by atoms with Gasteiger partial charge in [0.2, 0.25) is 17.7 Å². The Hall–Kier alpha value is -3.54. The van der Waals surface area contributed by atoms with Crippen LogP contribution in [0.15, 0.2) is 87.1 Å². The molecular formula is C29H21BrFN3O4S2. The number of benzene rings is 3. The Balaban J connectivity index is 1.41. The van der Waals surface area contributed by atoms with Gasteiger partial charge in [-0.25, -0.2) is 9.29 Å². The van der Waals surface area contributed by atoms with E-state index in [4.69, 9.17) is 0 Å². The van der Waals surface area contributed by atoms with E-state index in [2.05, 4.69) is 21.2 Å². The maximum Gasteiger partial charge on any atom is 0.308 e. The first kappa shape index (κ1) is 26.7. The highest BCUT2D eigenvalue weighted by Gasteiger charge is 2.56. The van der Waals surface area contributed by atoms with Crippen molar-refractivity contribution in [3.8, 4) is 0 Å². The van der Waals surface area contributed by atoms with Gasteiger partial charge in [0, 0.05) is 21.0 Å². The molecule has 0 unspecified atom stereocenters. The van der Waals surface area contributed by atoms with Crippen molar-refractivity contribution in [3.05, 3.63) is 109 Å². The number of aromatic nitrogens is 1. The van der Waals surface area contributed by atoms with E-state index in [1.54, 1.807) is 42.5 Å². The molecule has 0 saturated carbocycles. The van der Waals surface area contributed by atoms with Gasteiger partial charge in [-0.3, -0.25) is 23.7 Å². The van der Waals surface area contributed by atoms with E-state index < -0.39 is 28.8 Å². The number of thiazole rings is 1. The second-order valence-corrected chi connectivity index (χ2v) is 12.7. The lowest BCUT2D eigenvalue weighted by atomic mass is 9.83. The maximum absolute atomic E-state index is 13.9. The number of hydrogen-bond acceptors (Lipinski definition) is 6. The number of anilines is 2. The summed E-state index contributed by atoms with van der Waals surface area (Å²) in [5, 5.41) is 2.48. The van der Waals surface area contributed by atoms with Crippen LogP contribution in [0.1, 0.15) is 21.9 Å². The molecule has 1 fully saturated rings. The third kappa shape index (κ3) is 4.71. The highest BCUT2D eigenvalue weighted by atomic mass is 79.9. The van der Waals surface area contributed by atoms with Crippen molar-refractivity contribution >= 4 is 68.1 Å². The highest BCUT2D eigenvalue weighted by molar-refractivity contribution is 9.10. The number of aryl methyl sites for hydroxylation is 1. The summed E-state index contributed by atoms with van der Waals surface area (Å²) in [7, 11) is 0. The van der Waals surface area contributed by atoms with Crippen molar-refractivity contribution in [1.82, 2.24) is 4.57 Å². The SMILES string of the molecule is Cc1cccc(NC(=O)Cn2c3c(sc2=O)[C@@H](c2ccc(F)cc2)[C@@H]2C(=O)N(c4ccc(Br)cc4)C(=O)[C@@H]2S3)c1. The molecule has 202 valence electrons. The van der Waals surface area contributed by atoms with Crippen molar-refractivity contribution < 1.29 is 18.8 Å². The number of carbonyl (C=O) groups excluding carboxylic acids is 3. The molecule has 4 aromatic rings. The summed E-state index contributed by atoms with van der Waals surface area (Å²) in [6.07, 6.45) is 0. The quantitative estimate of drug-likeness (QED) is 0.290. The molecule has 3 atom stereocenters. The standard InChI is InChI=1S/C29H21BrFN3O4S2/c1-15-3-2-4-19(13-15)32-21(35)14-33-28-25(40-29(33)38)22(16-5-9-18(31)10-6-16)23-24(39-28)27(37)34(26(23)36)20-11-7-17(30)8-12-20/h2-13,22-24H,14H2,1H3,(H,32,35)/t22-,23-,24+/m0/s1. The van der Waals surface area contributed by atoms with Gasteiger partial charge in [0.25, 0.3) is 0 Å². The monoisotopic (exact) mass is 637 g/mol. The molecule has 0 spiro atoms. The zero-order valence-corrected chi connectivity index (χ0v) is 24.2. The summed E-state index contributed by atoms with van der Waals surface area (Å²) in [6.45, 7) is 1.66. The van der Waals surface area contributed by atoms with Crippen molar-refractivity contribution in [2.45, 2.75) is 29.7 Å². The minimum Gasteiger partial charge on any atom is -0.325 e. The molecule has 3 amide bonds. The van der Waals surface area contributed by atoms with E-state index in [-0.39, 0.29) is 23.2 Å². The topological polar surface area (TPSA) is 88.5 Å². The average molecular weight is 639 g/mol. The first-order valence-electron chi connectivity index (χ1n) is 12.4. The van der Waals surface area contributed by atoms with Crippen molar-refractivity contribution in [2.24, 2.45) is 5.92 Å². The summed E-state index contributed by atoms with van der Waals surface area (Å²) in [5.74, 6) is -3.05. The molecule has 1 N–H and O–H groups in total. The highest BCUT2D eigenvalue weighted by Crippen LogP contribution is 2.53. The second-order valence-electron chi connectivity index (χ2n) is 9.62. The van der Waals surface area contributed by atoms with E-state index in [0.29, 0.717) is 26.8 Å². The second kappa shape index (κ2) is 10.5. The average Bonchev–Trinajstić information content (AvgIpc) is 3.36. The number of carbonyl (C=O) groups is 3. The van der Waals surface area contributed by atoms with Crippen molar-refractivity contribution in [1.29, 1.82) is 0 Å². The lowest BCUT2D eigenvalue weighted by molar-refractivity contribution is -0.122. The van der Waals surface area contributed by atoms with Gasteiger partial charge < -0.3 is 5.32 Å². The Kier molecular flexibility index (Phi) is 6.97. The molecule has 11 heteroatoms. The number of hydrogen-bond donors (Lipinski definition) is 1. The Morgan fingerprint density at radius 1 is 1.00 bits per heavy atom. The molecule has 40 heavy (non-hydrogen) atoms. The molecule has 3 aromatic carbocycles. The predicted octanol–water partition coefficient (Wildman–Crippen LogP) is 5.55. The lowest BCUT2D eigenvalue weighted by Gasteiger charge is -2.30. The van der Waals surface area contributed by atoms with E-state index >= 15 is 0 Å². The van der Waals surface area contributed by atoms with Crippen LogP contribution in [0.4, 0.5) is 15.8 Å². The third-order valence-corrected chi connectivity index (χ3v) is 10.1. The first-order valence-corrected chi connectivity index (χ1v) is 14.9. The molecule has 2 aliphatic rings. The van der Waals surface area contributed by atoms with Gasteiger partial charge in [-0.2, -0.15) is 0 Å². The predicted molar refractivity (Wildman–Crippen MR) is 156 cm³/mol. The summed E-state index contributed by atoms with van der Waals surface area (Å²) in [4.78, 5) is 55.2. The third-order valence-electron chi connectivity index (χ3n) is 6.97. The molecule has 0 bridgehead atoms. The number of fused-ring (bicyclic) bond motifs is 2. The zero-order valence-electron chi connectivity index (χ0n) is 21.0. The lowest BCUT2D eigenvalue weighted by Crippen LogP contribution is -2.33. The van der Waals surface area contributed by atoms with Gasteiger partial charge in [0.15, 0.2) is 0 Å². The number of imide groups is 1. The first-order chi connectivity index (χ1) is 19.2. The van der Waals surface area contributed by atoms with Gasteiger partial charge in [0.1, 0.15) is 17.6 Å². The van der Waals surface area contributed by atoms with Crippen LogP contribution in [0, 0.1) is 18.7 Å². The van der Waals surface area contributed by atoms with Crippen LogP contribution in [0.3, 0.4) is 0 Å². The smallest absolute Gasteiger partial charge is 0.308 e. The molecule has 0 aliphatic carbocycles. The maximum atomic E-state index is 13.9. The summed E-state index contributed by atoms with van der Waals surface area (Å²) < 4.78 is 16.0. The van der Waals surface area contributed by atoms with Crippen LogP contribution in [0.5, 0.6) is 0 Å². The van der Waals surface area contributed by atoms with Crippen LogP contribution in [0.2, 0.25) is 0 Å². The minimum atomic E-state index is -0.821. The minimum absolute atomic E-state index is 0.252. The summed E-state index contributed by atoms with van der Waals surface area (Å²) in [5.41, 5.74) is 2.66. The van der Waals surface area contributed by atoms with E-state index in [9.17, 15) is 23.6 Å². The number of nitrogens with zero attached hydrogens (tertiary/aromatic N) is 2. The zero-order chi connectivity index (χ0) is 28.1. The largest absolute Gasteiger partial charge is 0.325 e. The molecule has 0 radical (unpaired) electrons. The Morgan fingerprint density at radius 3 is 2.42 bits per heavy atom. The van der Waals surface area contributed by atoms with Crippen molar-refractivity contribution in [2.75, 3.05) is 10.2 Å². The molecule has 1 aromatic heterocycles. The normalized spacial score (nSPS) is 19.9. The van der Waals surface area contributed by atoms with Crippen molar-refractivity contribution in [3.63, 3.8) is 0 Å². The molecule has 7 nitrogen and oxygen atoms in total. The van der Waals surface area contributed by atoms with Gasteiger partial charge >= 0.3 is 4.87 Å². The van der Waals surface area contributed by atoms with Gasteiger partial charge in [0.05, 0.1) is 16.6 Å². The Morgan fingerprint density at radius 2 is 1.73 bits per heavy atom. The van der Waals surface area contributed by atoms with Gasteiger partial charge in [-0.05, 0) is 66.6 Å². The number of thioether (sulfide) groups is 1. The van der Waals surface area contributed by atoms with Crippen LogP contribution in [-0.2, 0) is 20.9 Å². The fraction of sp³-hybridized carbons (Fsp3) is 0.172. The van der Waals surface area contributed by atoms with Gasteiger partial charge in [-0.1, -0.05) is 63.3 Å². The summed E-state index contributed by atoms with van der Waals surface area (Å²) in [6, 6.07) is 20.0. The van der Waals surface area contributed by atoms with E-state index in [1.807, 2.05) is 25.1 Å². The number of halogens is 2. The summed E-state index contributed by atoms with van der Waals surface area (Å²) >= 11 is 5.47. The van der Waals surface area contributed by atoms with Crippen LogP contribution < -0.4 is 15.1 Å². The Labute approximate surface area is 245 Å². The van der Waals surface area contributed by atoms with Gasteiger partial charge in [-0.15, -0.1) is 0 Å². The molecule has 3 heterocycles. The fourth-order valence-corrected chi connectivity index (χ4v) is 8.23. The van der Waals surface area contributed by atoms with Crippen LogP contribution >= 0.6 is 39.0 Å². The van der Waals surface area contributed by atoms with E-state index in [0.717, 1.165) is 33.1 Å². The molecular weight excluding hydrogens is 617 g/mol. The van der Waals surface area contributed by atoms with Crippen LogP contribution in [0.25, 0.3) is 0 Å².